The monoisotopic (exact) mass is 401 g/mol. The molecule has 0 heterocycles. The van der Waals surface area contributed by atoms with Crippen LogP contribution in [0, 0.1) is 0 Å². The van der Waals surface area contributed by atoms with Crippen molar-refractivity contribution in [3.63, 3.8) is 0 Å². The molecule has 1 amide bonds. The van der Waals surface area contributed by atoms with E-state index in [1.165, 1.54) is 12.1 Å². The predicted molar refractivity (Wildman–Crippen MR) is 89.7 cm³/mol. The van der Waals surface area contributed by atoms with Gasteiger partial charge in [-0.1, -0.05) is 34.1 Å². The first-order valence-electron chi connectivity index (χ1n) is 7.18. The number of rotatable bonds is 6. The Balaban J connectivity index is 2.15. The van der Waals surface area contributed by atoms with Crippen LogP contribution in [0.15, 0.2) is 48.5 Å². The Kier molecular flexibility index (Phi) is 6.25. The molecule has 0 aliphatic heterocycles. The molecule has 0 aliphatic rings. The molecule has 0 spiro atoms. The van der Waals surface area contributed by atoms with E-state index in [9.17, 15) is 18.0 Å². The fraction of sp³-hybridized carbons (Fsp3) is 0.235. The summed E-state index contributed by atoms with van der Waals surface area (Å²) < 4.78 is 44.4. The summed E-state index contributed by atoms with van der Waals surface area (Å²) in [6, 6.07) is 11.2. The Morgan fingerprint density at radius 1 is 1.12 bits per heavy atom. The summed E-state index contributed by atoms with van der Waals surface area (Å²) in [7, 11) is 0. The lowest BCUT2D eigenvalue weighted by Gasteiger charge is -2.13. The van der Waals surface area contributed by atoms with E-state index in [2.05, 4.69) is 21.2 Å². The number of hydrogen-bond acceptors (Lipinski definition) is 2. The van der Waals surface area contributed by atoms with Crippen molar-refractivity contribution in [2.24, 2.45) is 0 Å². The summed E-state index contributed by atoms with van der Waals surface area (Å²) in [4.78, 5) is 12.2. The number of halogens is 4. The molecule has 24 heavy (non-hydrogen) atoms. The summed E-state index contributed by atoms with van der Waals surface area (Å²) in [5.41, 5.74) is -1.02. The minimum absolute atomic E-state index is 0.369. The molecule has 2 aromatic carbocycles. The molecule has 0 unspecified atom stereocenters. The number of benzene rings is 2. The van der Waals surface area contributed by atoms with Crippen LogP contribution in [0.3, 0.4) is 0 Å². The highest BCUT2D eigenvalue weighted by molar-refractivity contribution is 9.09. The van der Waals surface area contributed by atoms with Crippen LogP contribution >= 0.6 is 15.9 Å². The number of carbonyl (C=O) groups excluding carboxylic acids is 1. The van der Waals surface area contributed by atoms with E-state index in [0.29, 0.717) is 18.0 Å². The maximum atomic E-state index is 13.0. The minimum Gasteiger partial charge on any atom is -0.493 e. The van der Waals surface area contributed by atoms with Crippen molar-refractivity contribution >= 4 is 27.5 Å². The molecule has 0 radical (unpaired) electrons. The van der Waals surface area contributed by atoms with Gasteiger partial charge in [0.1, 0.15) is 5.75 Å². The molecule has 0 aromatic heterocycles. The van der Waals surface area contributed by atoms with Crippen LogP contribution in [0.1, 0.15) is 22.3 Å². The van der Waals surface area contributed by atoms with Crippen molar-refractivity contribution in [1.29, 1.82) is 0 Å². The highest BCUT2D eigenvalue weighted by Crippen LogP contribution is 2.32. The second-order valence-corrected chi connectivity index (χ2v) is 5.71. The third kappa shape index (κ3) is 4.99. The van der Waals surface area contributed by atoms with E-state index in [1.807, 2.05) is 0 Å². The van der Waals surface area contributed by atoms with Crippen LogP contribution in [-0.4, -0.2) is 17.8 Å². The summed E-state index contributed by atoms with van der Waals surface area (Å²) in [5, 5.41) is 3.28. The molecule has 0 bridgehead atoms. The molecule has 0 fully saturated rings. The van der Waals surface area contributed by atoms with Crippen molar-refractivity contribution in [2.75, 3.05) is 17.3 Å². The van der Waals surface area contributed by atoms with Crippen LogP contribution in [-0.2, 0) is 6.18 Å². The minimum atomic E-state index is -4.59. The largest absolute Gasteiger partial charge is 0.493 e. The Bertz CT molecular complexity index is 704. The van der Waals surface area contributed by atoms with Gasteiger partial charge in [0.05, 0.1) is 17.7 Å². The maximum Gasteiger partial charge on any atom is 0.417 e. The van der Waals surface area contributed by atoms with Gasteiger partial charge in [0, 0.05) is 17.1 Å². The van der Waals surface area contributed by atoms with Crippen molar-refractivity contribution in [3.8, 4) is 5.75 Å². The summed E-state index contributed by atoms with van der Waals surface area (Å²) >= 11 is 3.29. The lowest BCUT2D eigenvalue weighted by atomic mass is 10.1. The van der Waals surface area contributed by atoms with Crippen LogP contribution in [0.5, 0.6) is 5.75 Å². The summed E-state index contributed by atoms with van der Waals surface area (Å²) in [6.07, 6.45) is -3.77. The lowest BCUT2D eigenvalue weighted by molar-refractivity contribution is -0.137. The van der Waals surface area contributed by atoms with Crippen molar-refractivity contribution in [3.05, 3.63) is 59.7 Å². The topological polar surface area (TPSA) is 38.3 Å². The second kappa shape index (κ2) is 8.19. The van der Waals surface area contributed by atoms with Gasteiger partial charge in [0.25, 0.3) is 5.91 Å². The Morgan fingerprint density at radius 2 is 1.88 bits per heavy atom. The van der Waals surface area contributed by atoms with Gasteiger partial charge in [-0.2, -0.15) is 13.2 Å². The highest BCUT2D eigenvalue weighted by atomic mass is 79.9. The molecule has 2 aromatic rings. The number of amides is 1. The van der Waals surface area contributed by atoms with Gasteiger partial charge >= 0.3 is 6.18 Å². The first kappa shape index (κ1) is 18.3. The van der Waals surface area contributed by atoms with Crippen LogP contribution in [0.4, 0.5) is 18.9 Å². The van der Waals surface area contributed by atoms with Crippen molar-refractivity contribution < 1.29 is 22.7 Å². The van der Waals surface area contributed by atoms with Gasteiger partial charge < -0.3 is 10.1 Å². The second-order valence-electron chi connectivity index (χ2n) is 4.92. The third-order valence-corrected chi connectivity index (χ3v) is 3.68. The summed E-state index contributed by atoms with van der Waals surface area (Å²) in [6.45, 7) is 0.500. The third-order valence-electron chi connectivity index (χ3n) is 3.12. The van der Waals surface area contributed by atoms with Gasteiger partial charge in [-0.05, 0) is 30.7 Å². The van der Waals surface area contributed by atoms with Crippen LogP contribution in [0.25, 0.3) is 0 Å². The lowest BCUT2D eigenvalue weighted by Crippen LogP contribution is -2.18. The number of hydrogen-bond donors (Lipinski definition) is 1. The van der Waals surface area contributed by atoms with Gasteiger partial charge in [0.15, 0.2) is 0 Å². The van der Waals surface area contributed by atoms with Crippen molar-refractivity contribution in [1.82, 2.24) is 0 Å². The Hall–Kier alpha value is -2.02. The molecule has 0 atom stereocenters. The van der Waals surface area contributed by atoms with E-state index in [0.717, 1.165) is 23.9 Å². The molecular formula is C17H15BrF3NO2. The number of nitrogens with one attached hydrogen (secondary N) is 1. The van der Waals surface area contributed by atoms with Crippen LogP contribution < -0.4 is 10.1 Å². The van der Waals surface area contributed by atoms with Gasteiger partial charge in [-0.25, -0.2) is 0 Å². The maximum absolute atomic E-state index is 13.0. The molecule has 0 saturated heterocycles. The number of alkyl halides is 4. The molecule has 0 saturated carbocycles. The zero-order chi connectivity index (χ0) is 17.6. The first-order valence-corrected chi connectivity index (χ1v) is 8.30. The Labute approximate surface area is 146 Å². The smallest absolute Gasteiger partial charge is 0.417 e. The standard InChI is InChI=1S/C17H15BrF3NO2/c18-9-4-10-24-13-6-3-5-12(11-13)22-16(23)14-7-1-2-8-15(14)17(19,20)21/h1-3,5-8,11H,4,9-10H2,(H,22,23). The zero-order valence-corrected chi connectivity index (χ0v) is 14.2. The average Bonchev–Trinajstić information content (AvgIpc) is 2.55. The molecule has 1 N–H and O–H groups in total. The molecule has 3 nitrogen and oxygen atoms in total. The van der Waals surface area contributed by atoms with E-state index < -0.39 is 23.2 Å². The Morgan fingerprint density at radius 3 is 2.58 bits per heavy atom. The number of anilines is 1. The van der Waals surface area contributed by atoms with Crippen molar-refractivity contribution in [2.45, 2.75) is 12.6 Å². The van der Waals surface area contributed by atoms with E-state index >= 15 is 0 Å². The molecular weight excluding hydrogens is 387 g/mol. The highest BCUT2D eigenvalue weighted by Gasteiger charge is 2.34. The predicted octanol–water partition coefficient (Wildman–Crippen LogP) is 5.12. The van der Waals surface area contributed by atoms with Gasteiger partial charge in [-0.3, -0.25) is 4.79 Å². The van der Waals surface area contributed by atoms with Gasteiger partial charge in [0.2, 0.25) is 0 Å². The quantitative estimate of drug-likeness (QED) is 0.538. The SMILES string of the molecule is O=C(Nc1cccc(OCCCBr)c1)c1ccccc1C(F)(F)F. The normalized spacial score (nSPS) is 11.2. The molecule has 0 aliphatic carbocycles. The summed E-state index contributed by atoms with van der Waals surface area (Å²) in [5.74, 6) is -0.279. The van der Waals surface area contributed by atoms with E-state index in [1.54, 1.807) is 24.3 Å². The zero-order valence-electron chi connectivity index (χ0n) is 12.6. The molecule has 128 valence electrons. The van der Waals surface area contributed by atoms with E-state index in [4.69, 9.17) is 4.74 Å². The fourth-order valence-corrected chi connectivity index (χ4v) is 2.26. The van der Waals surface area contributed by atoms with E-state index in [-0.39, 0.29) is 0 Å². The average molecular weight is 402 g/mol. The van der Waals surface area contributed by atoms with Crippen LogP contribution in [0.2, 0.25) is 0 Å². The number of carbonyl (C=O) groups is 1. The fourth-order valence-electron chi connectivity index (χ4n) is 2.03. The molecule has 7 heteroatoms. The molecule has 2 rings (SSSR count). The van der Waals surface area contributed by atoms with Gasteiger partial charge in [-0.15, -0.1) is 0 Å². The number of ether oxygens (including phenoxy) is 1. The first-order chi connectivity index (χ1) is 11.4.